The average molecular weight is 537 g/mol. The largest absolute Gasteiger partial charge is 0.497 e. The fourth-order valence-electron chi connectivity index (χ4n) is 2.56. The van der Waals surface area contributed by atoms with E-state index in [9.17, 15) is 13.2 Å². The highest BCUT2D eigenvalue weighted by Gasteiger charge is 2.27. The number of nitrogens with one attached hydrogen (secondary N) is 2. The molecule has 0 amide bonds. The lowest BCUT2D eigenvalue weighted by Crippen LogP contribution is -2.37. The third-order valence-electron chi connectivity index (χ3n) is 4.11. The Kier molecular flexibility index (Phi) is 11.6. The summed E-state index contributed by atoms with van der Waals surface area (Å²) in [7, 11) is 3.34. The van der Waals surface area contributed by atoms with Crippen molar-refractivity contribution < 1.29 is 22.6 Å². The highest BCUT2D eigenvalue weighted by atomic mass is 127. The first-order valence-electron chi connectivity index (χ1n) is 9.19. The van der Waals surface area contributed by atoms with E-state index in [1.54, 1.807) is 26.3 Å². The van der Waals surface area contributed by atoms with Gasteiger partial charge in [0.05, 0.1) is 13.7 Å². The van der Waals surface area contributed by atoms with E-state index in [1.807, 2.05) is 36.4 Å². The minimum Gasteiger partial charge on any atom is -0.497 e. The number of benzene rings is 2. The molecule has 0 saturated heterocycles. The van der Waals surface area contributed by atoms with Gasteiger partial charge < -0.3 is 20.1 Å². The van der Waals surface area contributed by atoms with Crippen LogP contribution in [0.2, 0.25) is 0 Å². The lowest BCUT2D eigenvalue weighted by Gasteiger charge is -2.13. The van der Waals surface area contributed by atoms with Crippen LogP contribution in [0.25, 0.3) is 0 Å². The molecule has 2 rings (SSSR count). The third-order valence-corrected chi connectivity index (χ3v) is 4.11. The molecule has 0 atom stereocenters. The summed E-state index contributed by atoms with van der Waals surface area (Å²) < 4.78 is 46.1. The minimum atomic E-state index is -4.31. The first kappa shape index (κ1) is 26.0. The van der Waals surface area contributed by atoms with Crippen molar-refractivity contribution in [2.45, 2.75) is 25.7 Å². The number of hydrogen-bond donors (Lipinski definition) is 2. The van der Waals surface area contributed by atoms with Crippen LogP contribution >= 0.6 is 24.0 Å². The van der Waals surface area contributed by atoms with E-state index in [0.717, 1.165) is 24.3 Å². The zero-order valence-corrected chi connectivity index (χ0v) is 19.3. The zero-order valence-electron chi connectivity index (χ0n) is 17.0. The molecule has 0 bridgehead atoms. The van der Waals surface area contributed by atoms with Crippen molar-refractivity contribution in [3.8, 4) is 5.75 Å². The van der Waals surface area contributed by atoms with Crippen LogP contribution in [-0.2, 0) is 24.3 Å². The van der Waals surface area contributed by atoms with Gasteiger partial charge in [0.15, 0.2) is 5.96 Å². The first-order valence-corrected chi connectivity index (χ1v) is 9.19. The molecule has 0 unspecified atom stereocenters. The van der Waals surface area contributed by atoms with Crippen LogP contribution in [0, 0.1) is 0 Å². The molecule has 0 radical (unpaired) electrons. The monoisotopic (exact) mass is 537 g/mol. The van der Waals surface area contributed by atoms with E-state index >= 15 is 0 Å². The van der Waals surface area contributed by atoms with Gasteiger partial charge in [0.25, 0.3) is 0 Å². The van der Waals surface area contributed by atoms with E-state index < -0.39 is 12.8 Å². The van der Waals surface area contributed by atoms with Gasteiger partial charge in [-0.05, 0) is 35.2 Å². The minimum absolute atomic E-state index is 0. The summed E-state index contributed by atoms with van der Waals surface area (Å²) in [6.45, 7) is -0.0377. The molecular weight excluding hydrogens is 510 g/mol. The lowest BCUT2D eigenvalue weighted by molar-refractivity contribution is -0.176. The van der Waals surface area contributed by atoms with E-state index in [4.69, 9.17) is 4.74 Å². The topological polar surface area (TPSA) is 54.9 Å². The summed E-state index contributed by atoms with van der Waals surface area (Å²) in [5.41, 5.74) is 2.87. The molecule has 0 heterocycles. The van der Waals surface area contributed by atoms with Crippen LogP contribution in [-0.4, -0.2) is 39.4 Å². The average Bonchev–Trinajstić information content (AvgIpc) is 2.71. The molecule has 5 nitrogen and oxygen atoms in total. The van der Waals surface area contributed by atoms with Gasteiger partial charge in [-0.3, -0.25) is 4.99 Å². The van der Waals surface area contributed by atoms with E-state index in [1.165, 1.54) is 5.56 Å². The van der Waals surface area contributed by atoms with Crippen molar-refractivity contribution >= 4 is 29.9 Å². The number of halogens is 4. The maximum absolute atomic E-state index is 12.1. The van der Waals surface area contributed by atoms with Gasteiger partial charge in [0, 0.05) is 20.1 Å². The second-order valence-corrected chi connectivity index (χ2v) is 6.38. The molecule has 0 fully saturated rings. The fraction of sp³-hybridized carbons (Fsp3) is 0.381. The predicted molar refractivity (Wildman–Crippen MR) is 122 cm³/mol. The second kappa shape index (κ2) is 13.3. The van der Waals surface area contributed by atoms with E-state index in [0.29, 0.717) is 18.1 Å². The van der Waals surface area contributed by atoms with Gasteiger partial charge in [-0.25, -0.2) is 0 Å². The van der Waals surface area contributed by atoms with Crippen LogP contribution in [0.1, 0.15) is 16.7 Å². The Morgan fingerprint density at radius 3 is 2.10 bits per heavy atom. The molecule has 0 aliphatic carbocycles. The van der Waals surface area contributed by atoms with Crippen molar-refractivity contribution in [1.29, 1.82) is 0 Å². The quantitative estimate of drug-likeness (QED) is 0.285. The molecule has 0 aliphatic rings. The Morgan fingerprint density at radius 2 is 1.53 bits per heavy atom. The number of hydrogen-bond acceptors (Lipinski definition) is 3. The predicted octanol–water partition coefficient (Wildman–Crippen LogP) is 4.30. The van der Waals surface area contributed by atoms with Gasteiger partial charge in [0.1, 0.15) is 12.4 Å². The summed E-state index contributed by atoms with van der Waals surface area (Å²) in [6, 6.07) is 15.1. The van der Waals surface area contributed by atoms with Crippen molar-refractivity contribution in [2.75, 3.05) is 27.3 Å². The molecule has 2 N–H and O–H groups in total. The van der Waals surface area contributed by atoms with Crippen LogP contribution in [0.15, 0.2) is 53.5 Å². The van der Waals surface area contributed by atoms with E-state index in [2.05, 4.69) is 20.4 Å². The number of nitrogens with zero attached hydrogens (tertiary/aromatic N) is 1. The zero-order chi connectivity index (χ0) is 21.1. The van der Waals surface area contributed by atoms with Crippen molar-refractivity contribution in [3.05, 3.63) is 65.2 Å². The molecule has 2 aromatic carbocycles. The molecular formula is C21H27F3IN3O2. The third kappa shape index (κ3) is 10.1. The maximum atomic E-state index is 12.1. The van der Waals surface area contributed by atoms with Crippen LogP contribution < -0.4 is 15.4 Å². The standard InChI is InChI=1S/C21H26F3N3O2.HI/c1-25-20(26-12-11-16-7-9-19(28-2)10-8-16)27-13-17-3-5-18(6-4-17)14-29-15-21(22,23)24;/h3-10H,11-15H2,1-2H3,(H2,25,26,27);1H. The molecule has 0 aromatic heterocycles. The lowest BCUT2D eigenvalue weighted by atomic mass is 10.1. The number of ether oxygens (including phenoxy) is 2. The Balaban J connectivity index is 0.00000450. The smallest absolute Gasteiger partial charge is 0.411 e. The summed E-state index contributed by atoms with van der Waals surface area (Å²) in [4.78, 5) is 4.19. The maximum Gasteiger partial charge on any atom is 0.411 e. The van der Waals surface area contributed by atoms with Crippen LogP contribution in [0.4, 0.5) is 13.2 Å². The SMILES string of the molecule is CN=C(NCCc1ccc(OC)cc1)NCc1ccc(COCC(F)(F)F)cc1.I. The molecule has 166 valence electrons. The van der Waals surface area contributed by atoms with E-state index in [-0.39, 0.29) is 30.6 Å². The molecule has 30 heavy (non-hydrogen) atoms. The summed E-state index contributed by atoms with van der Waals surface area (Å²) >= 11 is 0. The van der Waals surface area contributed by atoms with Crippen molar-refractivity contribution in [2.24, 2.45) is 4.99 Å². The van der Waals surface area contributed by atoms with Crippen molar-refractivity contribution in [1.82, 2.24) is 10.6 Å². The Morgan fingerprint density at radius 1 is 0.933 bits per heavy atom. The summed E-state index contributed by atoms with van der Waals surface area (Å²) in [5, 5.41) is 6.46. The summed E-state index contributed by atoms with van der Waals surface area (Å²) in [5.74, 6) is 1.51. The number of methoxy groups -OCH3 is 1. The highest BCUT2D eigenvalue weighted by Crippen LogP contribution is 2.16. The molecule has 2 aromatic rings. The number of alkyl halides is 3. The van der Waals surface area contributed by atoms with Crippen LogP contribution in [0.3, 0.4) is 0 Å². The van der Waals surface area contributed by atoms with Crippen LogP contribution in [0.5, 0.6) is 5.75 Å². The van der Waals surface area contributed by atoms with Crippen molar-refractivity contribution in [3.63, 3.8) is 0 Å². The Bertz CT molecular complexity index is 767. The number of rotatable bonds is 9. The highest BCUT2D eigenvalue weighted by molar-refractivity contribution is 14.0. The Labute approximate surface area is 192 Å². The van der Waals surface area contributed by atoms with Gasteiger partial charge in [0.2, 0.25) is 0 Å². The first-order chi connectivity index (χ1) is 13.9. The van der Waals surface area contributed by atoms with Gasteiger partial charge in [-0.15, -0.1) is 24.0 Å². The molecule has 0 aliphatic heterocycles. The number of guanidine groups is 1. The van der Waals surface area contributed by atoms with Gasteiger partial charge in [-0.2, -0.15) is 13.2 Å². The second-order valence-electron chi connectivity index (χ2n) is 6.38. The molecule has 9 heteroatoms. The normalized spacial score (nSPS) is 11.6. The van der Waals surface area contributed by atoms with Gasteiger partial charge in [-0.1, -0.05) is 36.4 Å². The van der Waals surface area contributed by atoms with Gasteiger partial charge >= 0.3 is 6.18 Å². The Hall–Kier alpha value is -2.01. The summed E-state index contributed by atoms with van der Waals surface area (Å²) in [6.07, 6.45) is -3.46. The molecule has 0 saturated carbocycles. The fourth-order valence-corrected chi connectivity index (χ4v) is 2.56. The number of aliphatic imine (C=N–C) groups is 1. The molecule has 0 spiro atoms.